The summed E-state index contributed by atoms with van der Waals surface area (Å²) < 4.78 is 26.4. The smallest absolute Gasteiger partial charge is 0.305 e. The molecule has 0 aliphatic heterocycles. The Balaban J connectivity index is 1.74. The van der Waals surface area contributed by atoms with Crippen LogP contribution in [0.3, 0.4) is 0 Å². The number of nitrogen functional groups attached to an aromatic ring is 1. The van der Waals surface area contributed by atoms with Crippen LogP contribution in [0.15, 0.2) is 11.4 Å². The number of anilines is 1. The lowest BCUT2D eigenvalue weighted by Gasteiger charge is -2.08. The topological polar surface area (TPSA) is 139 Å². The number of nitrogens with one attached hydrogen (secondary N) is 1. The zero-order valence-electron chi connectivity index (χ0n) is 16.4. The number of carbonyl (C=O) groups excluding carboxylic acids is 1. The van der Waals surface area contributed by atoms with Crippen LogP contribution in [0.4, 0.5) is 5.00 Å². The number of nitrogens with two attached hydrogens (primary N) is 1. The lowest BCUT2D eigenvalue weighted by molar-refractivity contribution is -0.138. The van der Waals surface area contributed by atoms with Gasteiger partial charge in [-0.05, 0) is 11.4 Å². The van der Waals surface area contributed by atoms with E-state index in [-0.39, 0.29) is 18.9 Å². The lowest BCUT2D eigenvalue weighted by Crippen LogP contribution is -2.27. The molecule has 0 spiro atoms. The molecule has 11 heteroatoms. The molecule has 0 saturated heterocycles. The number of aliphatic carboxylic acids is 1. The van der Waals surface area contributed by atoms with Crippen LogP contribution in [0.5, 0.6) is 0 Å². The molecule has 0 aromatic carbocycles. The first-order valence-electron chi connectivity index (χ1n) is 9.33. The second kappa shape index (κ2) is 17.1. The number of ether oxygens (including phenoxy) is 5. The molecule has 1 rings (SSSR count). The number of rotatable bonds is 19. The van der Waals surface area contributed by atoms with Gasteiger partial charge >= 0.3 is 5.97 Å². The molecular weight excluding hydrogens is 404 g/mol. The molecule has 0 fully saturated rings. The summed E-state index contributed by atoms with van der Waals surface area (Å²) >= 11 is 1.33. The van der Waals surface area contributed by atoms with E-state index in [0.29, 0.717) is 76.6 Å². The predicted molar refractivity (Wildman–Crippen MR) is 107 cm³/mol. The zero-order valence-corrected chi connectivity index (χ0v) is 17.2. The molecular formula is C18H30N2O8S. The third-order valence-corrected chi connectivity index (χ3v) is 4.17. The fourth-order valence-electron chi connectivity index (χ4n) is 1.98. The van der Waals surface area contributed by atoms with Crippen LogP contribution in [0, 0.1) is 0 Å². The molecule has 29 heavy (non-hydrogen) atoms. The van der Waals surface area contributed by atoms with Crippen LogP contribution in [0.25, 0.3) is 0 Å². The number of carbonyl (C=O) groups is 2. The molecule has 0 saturated carbocycles. The monoisotopic (exact) mass is 434 g/mol. The van der Waals surface area contributed by atoms with E-state index in [1.807, 2.05) is 0 Å². The Hall–Kier alpha value is -1.76. The largest absolute Gasteiger partial charge is 0.481 e. The molecule has 1 aromatic rings. The fraction of sp³-hybridized carbons (Fsp3) is 0.667. The second-order valence-corrected chi connectivity index (χ2v) is 6.61. The first kappa shape index (κ1) is 25.3. The Bertz CT molecular complexity index is 570. The number of amides is 1. The van der Waals surface area contributed by atoms with Crippen molar-refractivity contribution in [1.29, 1.82) is 0 Å². The van der Waals surface area contributed by atoms with Crippen molar-refractivity contribution < 1.29 is 38.4 Å². The van der Waals surface area contributed by atoms with Crippen molar-refractivity contribution in [1.82, 2.24) is 5.32 Å². The molecule has 1 amide bonds. The predicted octanol–water partition coefficient (Wildman–Crippen LogP) is 0.618. The van der Waals surface area contributed by atoms with Crippen molar-refractivity contribution in [3.05, 3.63) is 17.0 Å². The van der Waals surface area contributed by atoms with Crippen molar-refractivity contribution in [2.24, 2.45) is 0 Å². The minimum Gasteiger partial charge on any atom is -0.481 e. The third-order valence-electron chi connectivity index (χ3n) is 3.42. The van der Waals surface area contributed by atoms with Crippen LogP contribution < -0.4 is 11.1 Å². The summed E-state index contributed by atoms with van der Waals surface area (Å²) in [5, 5.41) is 13.5. The summed E-state index contributed by atoms with van der Waals surface area (Å²) in [5.74, 6) is -1.08. The summed E-state index contributed by atoms with van der Waals surface area (Å²) in [6.07, 6.45) is -0.00414. The molecule has 0 atom stereocenters. The molecule has 1 heterocycles. The van der Waals surface area contributed by atoms with E-state index in [2.05, 4.69) is 5.32 Å². The van der Waals surface area contributed by atoms with Crippen molar-refractivity contribution >= 4 is 28.2 Å². The number of thiophene rings is 1. The summed E-state index contributed by atoms with van der Waals surface area (Å²) in [4.78, 5) is 22.1. The SMILES string of the molecule is Nc1sccc1C(=O)NCCOCCOCCOCCOCCOCCC(=O)O. The highest BCUT2D eigenvalue weighted by atomic mass is 32.1. The van der Waals surface area contributed by atoms with Gasteiger partial charge in [-0.1, -0.05) is 0 Å². The average Bonchev–Trinajstić information content (AvgIpc) is 3.12. The van der Waals surface area contributed by atoms with Gasteiger partial charge in [-0.15, -0.1) is 11.3 Å². The maximum atomic E-state index is 11.8. The van der Waals surface area contributed by atoms with E-state index in [9.17, 15) is 9.59 Å². The maximum Gasteiger partial charge on any atom is 0.305 e. The molecule has 0 bridgehead atoms. The summed E-state index contributed by atoms with van der Waals surface area (Å²) in [6.45, 7) is 4.42. The standard InChI is InChI=1S/C18H30N2O8S/c19-17-15(2-14-29-17)18(23)20-3-5-25-7-9-27-11-13-28-12-10-26-8-6-24-4-1-16(21)22/h2,14H,1,3-13,19H2,(H,20,23)(H,21,22). The summed E-state index contributed by atoms with van der Waals surface area (Å²) in [5.41, 5.74) is 6.18. The molecule has 0 radical (unpaired) electrons. The Labute approximate surface area is 174 Å². The van der Waals surface area contributed by atoms with E-state index < -0.39 is 5.97 Å². The summed E-state index contributed by atoms with van der Waals surface area (Å²) in [7, 11) is 0. The Morgan fingerprint density at radius 3 is 1.79 bits per heavy atom. The molecule has 4 N–H and O–H groups in total. The first-order valence-corrected chi connectivity index (χ1v) is 10.2. The van der Waals surface area contributed by atoms with Crippen molar-refractivity contribution in [3.8, 4) is 0 Å². The van der Waals surface area contributed by atoms with Gasteiger partial charge in [-0.3, -0.25) is 9.59 Å². The van der Waals surface area contributed by atoms with E-state index in [0.717, 1.165) is 0 Å². The van der Waals surface area contributed by atoms with Gasteiger partial charge in [-0.25, -0.2) is 0 Å². The first-order chi connectivity index (χ1) is 14.1. The quantitative estimate of drug-likeness (QED) is 0.267. The maximum absolute atomic E-state index is 11.8. The van der Waals surface area contributed by atoms with Crippen LogP contribution in [-0.4, -0.2) is 89.6 Å². The highest BCUT2D eigenvalue weighted by Crippen LogP contribution is 2.18. The number of carboxylic acids is 1. The molecule has 166 valence electrons. The van der Waals surface area contributed by atoms with Gasteiger partial charge in [0.15, 0.2) is 0 Å². The summed E-state index contributed by atoms with van der Waals surface area (Å²) in [6, 6.07) is 1.69. The third kappa shape index (κ3) is 14.0. The van der Waals surface area contributed by atoms with E-state index in [1.165, 1.54) is 11.3 Å². The van der Waals surface area contributed by atoms with E-state index >= 15 is 0 Å². The van der Waals surface area contributed by atoms with Crippen molar-refractivity contribution in [3.63, 3.8) is 0 Å². The van der Waals surface area contributed by atoms with Crippen LogP contribution in [0.1, 0.15) is 16.8 Å². The van der Waals surface area contributed by atoms with Gasteiger partial charge in [0.1, 0.15) is 0 Å². The Morgan fingerprint density at radius 1 is 0.862 bits per heavy atom. The Morgan fingerprint density at radius 2 is 1.34 bits per heavy atom. The number of hydrogen-bond acceptors (Lipinski definition) is 9. The average molecular weight is 435 g/mol. The molecule has 0 aliphatic rings. The van der Waals surface area contributed by atoms with Gasteiger partial charge in [0.25, 0.3) is 5.91 Å². The van der Waals surface area contributed by atoms with Crippen molar-refractivity contribution in [2.75, 3.05) is 78.3 Å². The Kier molecular flexibility index (Phi) is 14.9. The van der Waals surface area contributed by atoms with Gasteiger partial charge < -0.3 is 39.8 Å². The highest BCUT2D eigenvalue weighted by Gasteiger charge is 2.09. The van der Waals surface area contributed by atoms with Crippen LogP contribution in [-0.2, 0) is 28.5 Å². The normalized spacial score (nSPS) is 10.9. The van der Waals surface area contributed by atoms with Gasteiger partial charge in [0.05, 0.1) is 83.1 Å². The molecule has 0 unspecified atom stereocenters. The zero-order chi connectivity index (χ0) is 21.2. The lowest BCUT2D eigenvalue weighted by atomic mass is 10.3. The van der Waals surface area contributed by atoms with Crippen LogP contribution >= 0.6 is 11.3 Å². The highest BCUT2D eigenvalue weighted by molar-refractivity contribution is 7.14. The molecule has 0 aliphatic carbocycles. The molecule has 1 aromatic heterocycles. The minimum absolute atomic E-state index is 0.00414. The second-order valence-electron chi connectivity index (χ2n) is 5.66. The van der Waals surface area contributed by atoms with Crippen molar-refractivity contribution in [2.45, 2.75) is 6.42 Å². The minimum atomic E-state index is -0.877. The van der Waals surface area contributed by atoms with E-state index in [1.54, 1.807) is 11.4 Å². The number of hydrogen-bond donors (Lipinski definition) is 3. The molecule has 10 nitrogen and oxygen atoms in total. The van der Waals surface area contributed by atoms with Gasteiger partial charge in [-0.2, -0.15) is 0 Å². The number of carboxylic acid groups (broad SMARTS) is 1. The fourth-order valence-corrected chi connectivity index (χ4v) is 2.62. The van der Waals surface area contributed by atoms with Gasteiger partial charge in [0.2, 0.25) is 0 Å². The van der Waals surface area contributed by atoms with Crippen LogP contribution in [0.2, 0.25) is 0 Å². The van der Waals surface area contributed by atoms with E-state index in [4.69, 9.17) is 34.5 Å². The van der Waals surface area contributed by atoms with Gasteiger partial charge in [0, 0.05) is 6.54 Å².